The molecule has 1 aliphatic carbocycles. The summed E-state index contributed by atoms with van der Waals surface area (Å²) in [6.07, 6.45) is 4.49. The molecule has 0 radical (unpaired) electrons. The van der Waals surface area contributed by atoms with Crippen molar-refractivity contribution in [2.75, 3.05) is 31.2 Å². The summed E-state index contributed by atoms with van der Waals surface area (Å²) in [6, 6.07) is 8.78. The molecule has 1 aliphatic rings. The summed E-state index contributed by atoms with van der Waals surface area (Å²) in [5, 5.41) is 4.59. The van der Waals surface area contributed by atoms with Gasteiger partial charge in [-0.05, 0) is 44.2 Å². The van der Waals surface area contributed by atoms with E-state index >= 15 is 0 Å². The van der Waals surface area contributed by atoms with E-state index in [2.05, 4.69) is 28.3 Å². The summed E-state index contributed by atoms with van der Waals surface area (Å²) >= 11 is 0. The van der Waals surface area contributed by atoms with Crippen molar-refractivity contribution >= 4 is 22.3 Å². The summed E-state index contributed by atoms with van der Waals surface area (Å²) in [4.78, 5) is 6.77. The van der Waals surface area contributed by atoms with Crippen molar-refractivity contribution in [3.8, 4) is 0 Å². The van der Waals surface area contributed by atoms with E-state index in [4.69, 9.17) is 5.73 Å². The van der Waals surface area contributed by atoms with Crippen LogP contribution in [0.1, 0.15) is 12.8 Å². The predicted octanol–water partition coefficient (Wildman–Crippen LogP) is 2.32. The standard InChI is InChI=1S/C15H20N4/c1-19(11-4-5-11)10-9-17-14-7-6-13(16)15-12(14)3-2-8-18-15/h2-3,6-8,11,17H,4-5,9-10,16H2,1H3. The van der Waals surface area contributed by atoms with Crippen molar-refractivity contribution < 1.29 is 0 Å². The van der Waals surface area contributed by atoms with Crippen molar-refractivity contribution in [3.05, 3.63) is 30.5 Å². The molecule has 0 amide bonds. The average Bonchev–Trinajstić information content (AvgIpc) is 3.26. The van der Waals surface area contributed by atoms with Crippen molar-refractivity contribution in [1.82, 2.24) is 9.88 Å². The molecule has 1 fully saturated rings. The highest BCUT2D eigenvalue weighted by Gasteiger charge is 2.25. The molecule has 0 atom stereocenters. The Morgan fingerprint density at radius 2 is 2.21 bits per heavy atom. The van der Waals surface area contributed by atoms with E-state index in [0.29, 0.717) is 0 Å². The van der Waals surface area contributed by atoms with Crippen LogP contribution in [0.4, 0.5) is 11.4 Å². The van der Waals surface area contributed by atoms with Crippen LogP contribution < -0.4 is 11.1 Å². The number of fused-ring (bicyclic) bond motifs is 1. The molecule has 1 aromatic carbocycles. The van der Waals surface area contributed by atoms with Gasteiger partial charge in [-0.15, -0.1) is 0 Å². The predicted molar refractivity (Wildman–Crippen MR) is 80.3 cm³/mol. The molecule has 4 heteroatoms. The highest BCUT2D eigenvalue weighted by molar-refractivity contribution is 5.98. The zero-order chi connectivity index (χ0) is 13.2. The van der Waals surface area contributed by atoms with Crippen LogP contribution in [-0.4, -0.2) is 36.1 Å². The zero-order valence-electron chi connectivity index (χ0n) is 11.3. The minimum absolute atomic E-state index is 0.733. The number of pyridine rings is 1. The summed E-state index contributed by atoms with van der Waals surface area (Å²) in [6.45, 7) is 2.01. The molecule has 0 spiro atoms. The Labute approximate surface area is 113 Å². The van der Waals surface area contributed by atoms with E-state index < -0.39 is 0 Å². The summed E-state index contributed by atoms with van der Waals surface area (Å²) in [5.41, 5.74) is 8.67. The number of nitrogens with zero attached hydrogens (tertiary/aromatic N) is 2. The van der Waals surface area contributed by atoms with Crippen LogP contribution in [0, 0.1) is 0 Å². The third-order valence-electron chi connectivity index (χ3n) is 3.75. The Balaban J connectivity index is 1.72. The van der Waals surface area contributed by atoms with Crippen molar-refractivity contribution in [3.63, 3.8) is 0 Å². The number of nitrogen functional groups attached to an aromatic ring is 1. The van der Waals surface area contributed by atoms with Crippen LogP contribution in [-0.2, 0) is 0 Å². The summed E-state index contributed by atoms with van der Waals surface area (Å²) in [5.74, 6) is 0. The second-order valence-corrected chi connectivity index (χ2v) is 5.24. The SMILES string of the molecule is CN(CCNc1ccc(N)c2ncccc12)C1CC1. The fourth-order valence-electron chi connectivity index (χ4n) is 2.41. The Bertz CT molecular complexity index is 577. The van der Waals surface area contributed by atoms with Gasteiger partial charge in [-0.3, -0.25) is 4.98 Å². The molecule has 0 bridgehead atoms. The fourth-order valence-corrected chi connectivity index (χ4v) is 2.41. The van der Waals surface area contributed by atoms with Gasteiger partial charge < -0.3 is 16.0 Å². The maximum atomic E-state index is 5.95. The second kappa shape index (κ2) is 5.05. The number of nitrogens with two attached hydrogens (primary N) is 1. The van der Waals surface area contributed by atoms with Crippen LogP contribution in [0.2, 0.25) is 0 Å². The van der Waals surface area contributed by atoms with Crippen LogP contribution in [0.3, 0.4) is 0 Å². The second-order valence-electron chi connectivity index (χ2n) is 5.24. The highest BCUT2D eigenvalue weighted by Crippen LogP contribution is 2.27. The van der Waals surface area contributed by atoms with Gasteiger partial charge in [-0.25, -0.2) is 0 Å². The Morgan fingerprint density at radius 3 is 3.00 bits per heavy atom. The van der Waals surface area contributed by atoms with E-state index in [-0.39, 0.29) is 0 Å². The van der Waals surface area contributed by atoms with Gasteiger partial charge in [0.1, 0.15) is 0 Å². The van der Waals surface area contributed by atoms with Crippen LogP contribution in [0.5, 0.6) is 0 Å². The first kappa shape index (κ1) is 12.2. The lowest BCUT2D eigenvalue weighted by Gasteiger charge is -2.17. The largest absolute Gasteiger partial charge is 0.397 e. The van der Waals surface area contributed by atoms with Crippen molar-refractivity contribution in [2.45, 2.75) is 18.9 Å². The van der Waals surface area contributed by atoms with E-state index in [1.165, 1.54) is 12.8 Å². The van der Waals surface area contributed by atoms with Gasteiger partial charge in [0.05, 0.1) is 11.2 Å². The number of hydrogen-bond donors (Lipinski definition) is 2. The Hall–Kier alpha value is -1.81. The highest BCUT2D eigenvalue weighted by atomic mass is 15.2. The van der Waals surface area contributed by atoms with Crippen LogP contribution >= 0.6 is 0 Å². The third-order valence-corrected chi connectivity index (χ3v) is 3.75. The van der Waals surface area contributed by atoms with E-state index in [0.717, 1.165) is 41.4 Å². The number of anilines is 2. The van der Waals surface area contributed by atoms with Crippen LogP contribution in [0.15, 0.2) is 30.5 Å². The number of hydrogen-bond acceptors (Lipinski definition) is 4. The normalized spacial score (nSPS) is 15.1. The first-order chi connectivity index (χ1) is 9.25. The molecular weight excluding hydrogens is 236 g/mol. The first-order valence-electron chi connectivity index (χ1n) is 6.83. The fraction of sp³-hybridized carbons (Fsp3) is 0.400. The number of likely N-dealkylation sites (N-methyl/N-ethyl adjacent to an activating group) is 1. The van der Waals surface area contributed by atoms with Gasteiger partial charge in [0.2, 0.25) is 0 Å². The first-order valence-corrected chi connectivity index (χ1v) is 6.83. The maximum Gasteiger partial charge on any atom is 0.0951 e. The quantitative estimate of drug-likeness (QED) is 0.806. The minimum atomic E-state index is 0.733. The van der Waals surface area contributed by atoms with Crippen molar-refractivity contribution in [2.24, 2.45) is 0 Å². The van der Waals surface area contributed by atoms with Gasteiger partial charge in [0.25, 0.3) is 0 Å². The lowest BCUT2D eigenvalue weighted by atomic mass is 10.1. The molecule has 2 aromatic rings. The molecule has 19 heavy (non-hydrogen) atoms. The number of nitrogens with one attached hydrogen (secondary N) is 1. The lowest BCUT2D eigenvalue weighted by Crippen LogP contribution is -2.27. The molecule has 1 heterocycles. The summed E-state index contributed by atoms with van der Waals surface area (Å²) < 4.78 is 0. The van der Waals surface area contributed by atoms with Gasteiger partial charge in [-0.2, -0.15) is 0 Å². The number of rotatable bonds is 5. The molecule has 1 aromatic heterocycles. The van der Waals surface area contributed by atoms with Gasteiger partial charge >= 0.3 is 0 Å². The lowest BCUT2D eigenvalue weighted by molar-refractivity contribution is 0.337. The van der Waals surface area contributed by atoms with E-state index in [1.54, 1.807) is 6.20 Å². The zero-order valence-corrected chi connectivity index (χ0v) is 11.3. The average molecular weight is 256 g/mol. The monoisotopic (exact) mass is 256 g/mol. The Morgan fingerprint density at radius 1 is 1.37 bits per heavy atom. The van der Waals surface area contributed by atoms with Crippen LogP contribution in [0.25, 0.3) is 10.9 Å². The molecule has 0 aliphatic heterocycles. The number of benzene rings is 1. The summed E-state index contributed by atoms with van der Waals surface area (Å²) in [7, 11) is 2.20. The van der Waals surface area contributed by atoms with Gasteiger partial charge in [0, 0.05) is 36.4 Å². The topological polar surface area (TPSA) is 54.2 Å². The van der Waals surface area contributed by atoms with Gasteiger partial charge in [0.15, 0.2) is 0 Å². The molecular formula is C15H20N4. The van der Waals surface area contributed by atoms with E-state index in [9.17, 15) is 0 Å². The van der Waals surface area contributed by atoms with E-state index in [1.807, 2.05) is 18.2 Å². The third kappa shape index (κ3) is 2.63. The smallest absolute Gasteiger partial charge is 0.0951 e. The molecule has 3 rings (SSSR count). The Kier molecular flexibility index (Phi) is 3.25. The maximum absolute atomic E-state index is 5.95. The van der Waals surface area contributed by atoms with Gasteiger partial charge in [-0.1, -0.05) is 0 Å². The molecule has 1 saturated carbocycles. The molecule has 0 unspecified atom stereocenters. The minimum Gasteiger partial charge on any atom is -0.397 e. The molecule has 3 N–H and O–H groups in total. The van der Waals surface area contributed by atoms with Crippen molar-refractivity contribution in [1.29, 1.82) is 0 Å². The molecule has 100 valence electrons. The molecule has 4 nitrogen and oxygen atoms in total. The number of aromatic nitrogens is 1. The molecule has 0 saturated heterocycles.